The Morgan fingerprint density at radius 3 is 2.52 bits per heavy atom. The molecule has 0 amide bonds. The quantitative estimate of drug-likeness (QED) is 0.827. The van der Waals surface area contributed by atoms with Gasteiger partial charge >= 0.3 is 0 Å². The van der Waals surface area contributed by atoms with Crippen LogP contribution in [0.1, 0.15) is 30.9 Å². The van der Waals surface area contributed by atoms with E-state index in [0.717, 1.165) is 24.0 Å². The van der Waals surface area contributed by atoms with Crippen LogP contribution in [0.2, 0.25) is 5.28 Å². The molecule has 6 nitrogen and oxygen atoms in total. The summed E-state index contributed by atoms with van der Waals surface area (Å²) in [7, 11) is -3.71. The number of sulfonamides is 1. The van der Waals surface area contributed by atoms with Crippen LogP contribution >= 0.6 is 11.6 Å². The van der Waals surface area contributed by atoms with Crippen LogP contribution in [0.25, 0.3) is 0 Å². The third-order valence-corrected chi connectivity index (χ3v) is 6.65. The highest BCUT2D eigenvalue weighted by atomic mass is 35.5. The number of nitrogens with zero attached hydrogens (tertiary/aromatic N) is 3. The molecule has 1 fully saturated rings. The number of aryl methyl sites for hydroxylation is 1. The maximum atomic E-state index is 13.2. The first-order valence-corrected chi connectivity index (χ1v) is 10.1. The highest BCUT2D eigenvalue weighted by Crippen LogP contribution is 2.40. The van der Waals surface area contributed by atoms with Gasteiger partial charge in [0.2, 0.25) is 5.28 Å². The first-order valence-electron chi connectivity index (χ1n) is 8.30. The largest absolute Gasteiger partial charge is 0.367 e. The lowest BCUT2D eigenvalue weighted by atomic mass is 10.2. The van der Waals surface area contributed by atoms with Gasteiger partial charge in [-0.05, 0) is 50.4 Å². The molecule has 2 aromatic rings. The summed E-state index contributed by atoms with van der Waals surface area (Å²) in [5.41, 5.74) is 1.83. The molecule has 1 atom stereocenters. The van der Waals surface area contributed by atoms with E-state index < -0.39 is 10.0 Å². The summed E-state index contributed by atoms with van der Waals surface area (Å²) in [6.07, 6.45) is 2.75. The van der Waals surface area contributed by atoms with E-state index in [0.29, 0.717) is 24.1 Å². The van der Waals surface area contributed by atoms with E-state index in [1.165, 1.54) is 4.31 Å². The molecular weight excluding hydrogens is 360 g/mol. The highest BCUT2D eigenvalue weighted by molar-refractivity contribution is 7.92. The van der Waals surface area contributed by atoms with Crippen LogP contribution in [0.3, 0.4) is 0 Å². The number of hydrogen-bond acceptors (Lipinski definition) is 5. The van der Waals surface area contributed by atoms with Crippen LogP contribution < -0.4 is 9.62 Å². The van der Waals surface area contributed by atoms with Gasteiger partial charge in [0.25, 0.3) is 10.0 Å². The second-order valence-electron chi connectivity index (χ2n) is 6.73. The molecule has 1 aliphatic carbocycles. The third-order valence-electron chi connectivity index (χ3n) is 4.56. The lowest BCUT2D eigenvalue weighted by molar-refractivity contribution is 0.583. The average molecular weight is 379 g/mol. The van der Waals surface area contributed by atoms with Crippen molar-refractivity contribution in [2.45, 2.75) is 50.1 Å². The number of halogens is 1. The van der Waals surface area contributed by atoms with Gasteiger partial charge in [-0.1, -0.05) is 17.7 Å². The van der Waals surface area contributed by atoms with Gasteiger partial charge in [-0.3, -0.25) is 0 Å². The van der Waals surface area contributed by atoms with Crippen LogP contribution in [0.15, 0.2) is 29.2 Å². The van der Waals surface area contributed by atoms with Crippen molar-refractivity contribution < 1.29 is 8.42 Å². The van der Waals surface area contributed by atoms with Gasteiger partial charge in [0.1, 0.15) is 5.82 Å². The molecule has 1 unspecified atom stereocenters. The average Bonchev–Trinajstić information content (AvgIpc) is 3.28. The van der Waals surface area contributed by atoms with E-state index in [1.807, 2.05) is 13.8 Å². The Bertz CT molecular complexity index is 926. The molecule has 2 heterocycles. The molecule has 2 aliphatic rings. The van der Waals surface area contributed by atoms with Crippen LogP contribution in [0, 0.1) is 6.92 Å². The fourth-order valence-corrected chi connectivity index (χ4v) is 4.92. The zero-order valence-electron chi connectivity index (χ0n) is 14.0. The molecule has 25 heavy (non-hydrogen) atoms. The van der Waals surface area contributed by atoms with Crippen molar-refractivity contribution >= 4 is 33.3 Å². The van der Waals surface area contributed by atoms with Gasteiger partial charge in [0.05, 0.1) is 4.90 Å². The van der Waals surface area contributed by atoms with Crippen molar-refractivity contribution in [2.24, 2.45) is 0 Å². The molecule has 4 rings (SSSR count). The summed E-state index contributed by atoms with van der Waals surface area (Å²) < 4.78 is 27.7. The number of anilines is 2. The van der Waals surface area contributed by atoms with Crippen molar-refractivity contribution in [1.29, 1.82) is 0 Å². The van der Waals surface area contributed by atoms with Crippen LogP contribution in [0.5, 0.6) is 0 Å². The van der Waals surface area contributed by atoms with Crippen molar-refractivity contribution in [1.82, 2.24) is 9.97 Å². The van der Waals surface area contributed by atoms with Crippen LogP contribution in [-0.2, 0) is 16.4 Å². The fraction of sp³-hybridized carbons (Fsp3) is 0.412. The van der Waals surface area contributed by atoms with E-state index in [2.05, 4.69) is 15.3 Å². The summed E-state index contributed by atoms with van der Waals surface area (Å²) in [6.45, 7) is 3.80. The molecular formula is C17H19ClN4O2S. The molecule has 1 N–H and O–H groups in total. The number of nitrogens with one attached hydrogen (secondary N) is 1. The molecule has 1 aliphatic heterocycles. The van der Waals surface area contributed by atoms with E-state index in [-0.39, 0.29) is 16.2 Å². The van der Waals surface area contributed by atoms with Crippen molar-refractivity contribution in [3.05, 3.63) is 40.7 Å². The zero-order chi connectivity index (χ0) is 17.8. The highest BCUT2D eigenvalue weighted by Gasteiger charge is 2.40. The molecule has 1 saturated carbocycles. The number of fused-ring (bicyclic) bond motifs is 1. The van der Waals surface area contributed by atoms with Gasteiger partial charge in [0.15, 0.2) is 5.82 Å². The molecule has 0 spiro atoms. The first kappa shape index (κ1) is 16.6. The second kappa shape index (κ2) is 5.85. The Labute approximate surface area is 152 Å². The SMILES string of the molecule is Cc1ccc(S(=O)(=O)N2c3nc(Cl)nc(NC4CC4)c3CC2C)cc1. The van der Waals surface area contributed by atoms with E-state index >= 15 is 0 Å². The number of hydrogen-bond donors (Lipinski definition) is 1. The maximum absolute atomic E-state index is 13.2. The molecule has 1 aromatic carbocycles. The minimum Gasteiger partial charge on any atom is -0.367 e. The minimum absolute atomic E-state index is 0.0557. The van der Waals surface area contributed by atoms with Gasteiger partial charge in [-0.25, -0.2) is 17.7 Å². The molecule has 0 bridgehead atoms. The predicted molar refractivity (Wildman–Crippen MR) is 97.7 cm³/mol. The number of rotatable bonds is 4. The molecule has 1 aromatic heterocycles. The Balaban J connectivity index is 1.80. The Morgan fingerprint density at radius 2 is 1.88 bits per heavy atom. The van der Waals surface area contributed by atoms with E-state index in [4.69, 9.17) is 11.6 Å². The van der Waals surface area contributed by atoms with Crippen molar-refractivity contribution in [3.8, 4) is 0 Å². The topological polar surface area (TPSA) is 75.2 Å². The third kappa shape index (κ3) is 2.95. The normalized spacial score (nSPS) is 19.8. The number of benzene rings is 1. The Hall–Kier alpha value is -1.86. The summed E-state index contributed by atoms with van der Waals surface area (Å²) in [5.74, 6) is 1.04. The smallest absolute Gasteiger partial charge is 0.265 e. The lowest BCUT2D eigenvalue weighted by Crippen LogP contribution is -2.36. The van der Waals surface area contributed by atoms with E-state index in [9.17, 15) is 8.42 Å². The first-order chi connectivity index (χ1) is 11.9. The van der Waals surface area contributed by atoms with Crippen molar-refractivity contribution in [2.75, 3.05) is 9.62 Å². The lowest BCUT2D eigenvalue weighted by Gasteiger charge is -2.23. The van der Waals surface area contributed by atoms with Gasteiger partial charge in [-0.15, -0.1) is 0 Å². The van der Waals surface area contributed by atoms with Crippen LogP contribution in [0.4, 0.5) is 11.6 Å². The summed E-state index contributed by atoms with van der Waals surface area (Å²) in [6, 6.07) is 6.99. The minimum atomic E-state index is -3.71. The molecule has 0 saturated heterocycles. The predicted octanol–water partition coefficient (Wildman–Crippen LogP) is 3.15. The van der Waals surface area contributed by atoms with Crippen LogP contribution in [-0.4, -0.2) is 30.5 Å². The summed E-state index contributed by atoms with van der Waals surface area (Å²) in [5, 5.41) is 3.40. The molecule has 132 valence electrons. The molecule has 8 heteroatoms. The standard InChI is InChI=1S/C17H19ClN4O2S/c1-10-3-7-13(8-4-10)25(23,24)22-11(2)9-14-15(19-12-5-6-12)20-17(18)21-16(14)22/h3-4,7-8,11-12H,5-6,9H2,1-2H3,(H,19,20,21). The van der Waals surface area contributed by atoms with Gasteiger partial charge in [-0.2, -0.15) is 4.98 Å². The zero-order valence-corrected chi connectivity index (χ0v) is 15.6. The Kier molecular flexibility index (Phi) is 3.88. The molecule has 0 radical (unpaired) electrons. The van der Waals surface area contributed by atoms with Crippen molar-refractivity contribution in [3.63, 3.8) is 0 Å². The van der Waals surface area contributed by atoms with Gasteiger partial charge in [0, 0.05) is 24.1 Å². The van der Waals surface area contributed by atoms with E-state index in [1.54, 1.807) is 24.3 Å². The maximum Gasteiger partial charge on any atom is 0.265 e. The second-order valence-corrected chi connectivity index (χ2v) is 8.88. The Morgan fingerprint density at radius 1 is 1.20 bits per heavy atom. The fourth-order valence-electron chi connectivity index (χ4n) is 3.12. The summed E-state index contributed by atoms with van der Waals surface area (Å²) >= 11 is 6.08. The monoisotopic (exact) mass is 378 g/mol. The number of aromatic nitrogens is 2. The van der Waals surface area contributed by atoms with Gasteiger partial charge < -0.3 is 5.32 Å². The summed E-state index contributed by atoms with van der Waals surface area (Å²) in [4.78, 5) is 8.78.